The number of hydrogen-bond acceptors (Lipinski definition) is 4. The highest BCUT2D eigenvalue weighted by Gasteiger charge is 2.50. The van der Waals surface area contributed by atoms with Gasteiger partial charge in [-0.15, -0.1) is 11.3 Å². The Kier molecular flexibility index (Phi) is 4.37. The topological polar surface area (TPSA) is 42.4 Å². The summed E-state index contributed by atoms with van der Waals surface area (Å²) in [6.45, 7) is 3.05. The Labute approximate surface area is 146 Å². The third-order valence-electron chi connectivity index (χ3n) is 5.44. The van der Waals surface area contributed by atoms with Gasteiger partial charge >= 0.3 is 0 Å². The summed E-state index contributed by atoms with van der Waals surface area (Å²) in [5.74, 6) is 0.765. The van der Waals surface area contributed by atoms with Crippen LogP contribution in [0.1, 0.15) is 34.5 Å². The normalized spacial score (nSPS) is 25.8. The third kappa shape index (κ3) is 2.98. The number of carbonyl (C=O) groups is 1. The van der Waals surface area contributed by atoms with E-state index in [-0.39, 0.29) is 11.3 Å². The fraction of sp³-hybridized carbons (Fsp3) is 0.474. The second-order valence-electron chi connectivity index (χ2n) is 6.97. The first kappa shape index (κ1) is 15.8. The van der Waals surface area contributed by atoms with E-state index in [1.165, 1.54) is 30.6 Å². The van der Waals surface area contributed by atoms with Crippen molar-refractivity contribution < 1.29 is 9.53 Å². The van der Waals surface area contributed by atoms with Crippen LogP contribution >= 0.6 is 11.3 Å². The Balaban J connectivity index is 1.40. The van der Waals surface area contributed by atoms with Crippen molar-refractivity contribution in [2.45, 2.75) is 25.9 Å². The van der Waals surface area contributed by atoms with Gasteiger partial charge in [0.1, 0.15) is 0 Å². The molecule has 0 unspecified atom stereocenters. The number of nitrogens with zero attached hydrogens (tertiary/aromatic N) is 2. The molecule has 3 heterocycles. The Hall–Kier alpha value is -1.72. The van der Waals surface area contributed by atoms with E-state index in [0.29, 0.717) is 12.5 Å². The fourth-order valence-corrected chi connectivity index (χ4v) is 4.91. The summed E-state index contributed by atoms with van der Waals surface area (Å²) in [5.41, 5.74) is 1.25. The van der Waals surface area contributed by atoms with Crippen molar-refractivity contribution in [3.63, 3.8) is 0 Å². The smallest absolute Gasteiger partial charge is 0.263 e. The van der Waals surface area contributed by atoms with Gasteiger partial charge in [-0.05, 0) is 41.8 Å². The molecule has 2 atom stereocenters. The molecule has 4 nitrogen and oxygen atoms in total. The van der Waals surface area contributed by atoms with Gasteiger partial charge in [-0.25, -0.2) is 0 Å². The Morgan fingerprint density at radius 2 is 2.38 bits per heavy atom. The van der Waals surface area contributed by atoms with Crippen LogP contribution < -0.4 is 0 Å². The van der Waals surface area contributed by atoms with E-state index in [4.69, 9.17) is 4.74 Å². The molecule has 2 fully saturated rings. The van der Waals surface area contributed by atoms with E-state index in [0.717, 1.165) is 30.1 Å². The van der Waals surface area contributed by atoms with Crippen LogP contribution in [-0.2, 0) is 11.3 Å². The predicted molar refractivity (Wildman–Crippen MR) is 93.9 cm³/mol. The standard InChI is InChI=1S/C19H22N2O2S/c22-18(17-6-3-9-24-17)21-11-16-5-1-7-19(16,13-21)14-23-12-15-4-2-8-20-10-15/h2-4,6,8-10,16H,1,5,7,11-14H2/t16-,19+/m1/s1. The van der Waals surface area contributed by atoms with Crippen molar-refractivity contribution in [2.75, 3.05) is 19.7 Å². The largest absolute Gasteiger partial charge is 0.376 e. The Morgan fingerprint density at radius 1 is 1.42 bits per heavy atom. The van der Waals surface area contributed by atoms with E-state index >= 15 is 0 Å². The minimum Gasteiger partial charge on any atom is -0.376 e. The maximum absolute atomic E-state index is 12.7. The summed E-state index contributed by atoms with van der Waals surface area (Å²) >= 11 is 1.53. The number of pyridine rings is 1. The van der Waals surface area contributed by atoms with Crippen LogP contribution in [0.4, 0.5) is 0 Å². The van der Waals surface area contributed by atoms with Crippen LogP contribution in [0.2, 0.25) is 0 Å². The van der Waals surface area contributed by atoms with Crippen molar-refractivity contribution in [2.24, 2.45) is 11.3 Å². The van der Waals surface area contributed by atoms with Gasteiger partial charge in [0.05, 0.1) is 18.1 Å². The zero-order chi connectivity index (χ0) is 16.4. The molecule has 1 aliphatic heterocycles. The number of carbonyl (C=O) groups excluding carboxylic acids is 1. The van der Waals surface area contributed by atoms with Gasteiger partial charge in [0, 0.05) is 30.9 Å². The van der Waals surface area contributed by atoms with Crippen molar-refractivity contribution in [3.05, 3.63) is 52.5 Å². The van der Waals surface area contributed by atoms with Gasteiger partial charge in [-0.2, -0.15) is 0 Å². The monoisotopic (exact) mass is 342 g/mol. The van der Waals surface area contributed by atoms with Crippen LogP contribution in [0.3, 0.4) is 0 Å². The van der Waals surface area contributed by atoms with Crippen LogP contribution in [0.25, 0.3) is 0 Å². The van der Waals surface area contributed by atoms with Crippen molar-refractivity contribution in [1.82, 2.24) is 9.88 Å². The molecule has 0 aromatic carbocycles. The van der Waals surface area contributed by atoms with Gasteiger partial charge in [-0.3, -0.25) is 9.78 Å². The highest BCUT2D eigenvalue weighted by molar-refractivity contribution is 7.12. The van der Waals surface area contributed by atoms with E-state index in [1.807, 2.05) is 40.7 Å². The third-order valence-corrected chi connectivity index (χ3v) is 6.30. The number of aromatic nitrogens is 1. The van der Waals surface area contributed by atoms with Gasteiger partial charge in [0.2, 0.25) is 0 Å². The minimum absolute atomic E-state index is 0.148. The SMILES string of the molecule is O=C(c1cccs1)N1C[C@H]2CCC[C@@]2(COCc2cccnc2)C1. The van der Waals surface area contributed by atoms with E-state index in [1.54, 1.807) is 6.20 Å². The van der Waals surface area contributed by atoms with Crippen molar-refractivity contribution in [3.8, 4) is 0 Å². The molecule has 1 amide bonds. The molecule has 1 saturated carbocycles. The summed E-state index contributed by atoms with van der Waals surface area (Å²) in [4.78, 5) is 19.7. The van der Waals surface area contributed by atoms with Gasteiger partial charge in [0.15, 0.2) is 0 Å². The summed E-state index contributed by atoms with van der Waals surface area (Å²) in [7, 11) is 0. The molecule has 0 spiro atoms. The molecule has 5 heteroatoms. The quantitative estimate of drug-likeness (QED) is 0.834. The van der Waals surface area contributed by atoms with Gasteiger partial charge < -0.3 is 9.64 Å². The molecule has 2 aromatic rings. The Bertz CT molecular complexity index is 689. The van der Waals surface area contributed by atoms with Gasteiger partial charge in [-0.1, -0.05) is 18.6 Å². The number of hydrogen-bond donors (Lipinski definition) is 0. The zero-order valence-corrected chi connectivity index (χ0v) is 14.5. The zero-order valence-electron chi connectivity index (χ0n) is 13.7. The number of likely N-dealkylation sites (tertiary alicyclic amines) is 1. The van der Waals surface area contributed by atoms with Crippen molar-refractivity contribution >= 4 is 17.2 Å². The average molecular weight is 342 g/mol. The second kappa shape index (κ2) is 6.65. The summed E-state index contributed by atoms with van der Waals surface area (Å²) in [5, 5.41) is 1.97. The first-order chi connectivity index (χ1) is 11.8. The van der Waals surface area contributed by atoms with Crippen LogP contribution in [0, 0.1) is 11.3 Å². The summed E-state index contributed by atoms with van der Waals surface area (Å²) in [6.07, 6.45) is 7.26. The van der Waals surface area contributed by atoms with E-state index in [2.05, 4.69) is 4.98 Å². The van der Waals surface area contributed by atoms with Crippen molar-refractivity contribution in [1.29, 1.82) is 0 Å². The molecule has 2 aliphatic rings. The van der Waals surface area contributed by atoms with Crippen LogP contribution in [0.5, 0.6) is 0 Å². The molecular weight excluding hydrogens is 320 g/mol. The van der Waals surface area contributed by atoms with E-state index < -0.39 is 0 Å². The maximum Gasteiger partial charge on any atom is 0.263 e. The lowest BCUT2D eigenvalue weighted by Crippen LogP contribution is -2.34. The molecule has 0 bridgehead atoms. The molecular formula is C19H22N2O2S. The summed E-state index contributed by atoms with van der Waals surface area (Å²) < 4.78 is 6.05. The molecule has 24 heavy (non-hydrogen) atoms. The van der Waals surface area contributed by atoms with Gasteiger partial charge in [0.25, 0.3) is 5.91 Å². The molecule has 0 radical (unpaired) electrons. The molecule has 126 valence electrons. The molecule has 1 saturated heterocycles. The highest BCUT2D eigenvalue weighted by atomic mass is 32.1. The molecule has 1 aliphatic carbocycles. The maximum atomic E-state index is 12.7. The molecule has 4 rings (SSSR count). The fourth-order valence-electron chi connectivity index (χ4n) is 4.22. The lowest BCUT2D eigenvalue weighted by atomic mass is 9.81. The molecule has 0 N–H and O–H groups in total. The van der Waals surface area contributed by atoms with Crippen LogP contribution in [-0.4, -0.2) is 35.5 Å². The highest BCUT2D eigenvalue weighted by Crippen LogP contribution is 2.49. The summed E-state index contributed by atoms with van der Waals surface area (Å²) in [6, 6.07) is 7.85. The van der Waals surface area contributed by atoms with Crippen LogP contribution in [0.15, 0.2) is 42.0 Å². The second-order valence-corrected chi connectivity index (χ2v) is 7.92. The number of thiophene rings is 1. The average Bonchev–Trinajstić information content (AvgIpc) is 3.31. The Morgan fingerprint density at radius 3 is 3.17 bits per heavy atom. The number of amides is 1. The molecule has 2 aromatic heterocycles. The number of rotatable bonds is 5. The van der Waals surface area contributed by atoms with E-state index in [9.17, 15) is 4.79 Å². The lowest BCUT2D eigenvalue weighted by Gasteiger charge is -2.28. The number of fused-ring (bicyclic) bond motifs is 1. The predicted octanol–water partition coefficient (Wildman–Crippen LogP) is 3.60. The lowest BCUT2D eigenvalue weighted by molar-refractivity contribution is 0.0265. The number of ether oxygens (including phenoxy) is 1. The minimum atomic E-state index is 0.148. The first-order valence-electron chi connectivity index (χ1n) is 8.56. The first-order valence-corrected chi connectivity index (χ1v) is 9.44.